The minimum Gasteiger partial charge on any atom is -0.462 e. The van der Waals surface area contributed by atoms with Gasteiger partial charge in [0.05, 0.1) is 23.3 Å². The Balaban J connectivity index is 1.59. The molecular formula is C24H29N5O2. The summed E-state index contributed by atoms with van der Waals surface area (Å²) in [6, 6.07) is 9.80. The van der Waals surface area contributed by atoms with E-state index in [2.05, 4.69) is 27.5 Å². The Morgan fingerprint density at radius 1 is 0.968 bits per heavy atom. The van der Waals surface area contributed by atoms with E-state index in [0.29, 0.717) is 12.2 Å². The van der Waals surface area contributed by atoms with Gasteiger partial charge in [-0.25, -0.2) is 4.79 Å². The van der Waals surface area contributed by atoms with Gasteiger partial charge in [-0.2, -0.15) is 9.97 Å². The minimum absolute atomic E-state index is 0.288. The monoisotopic (exact) mass is 419 g/mol. The molecule has 0 unspecified atom stereocenters. The molecule has 0 aliphatic carbocycles. The lowest BCUT2D eigenvalue weighted by Crippen LogP contribution is -2.24. The van der Waals surface area contributed by atoms with Gasteiger partial charge < -0.3 is 19.1 Å². The molecule has 5 rings (SSSR count). The van der Waals surface area contributed by atoms with Crippen LogP contribution in [-0.2, 0) is 11.8 Å². The average molecular weight is 420 g/mol. The van der Waals surface area contributed by atoms with Crippen LogP contribution in [0.3, 0.4) is 0 Å². The van der Waals surface area contributed by atoms with Gasteiger partial charge in [-0.1, -0.05) is 12.1 Å². The second-order valence-electron chi connectivity index (χ2n) is 8.36. The van der Waals surface area contributed by atoms with Crippen LogP contribution in [0.5, 0.6) is 0 Å². The second kappa shape index (κ2) is 8.21. The largest absolute Gasteiger partial charge is 0.462 e. The number of aryl methyl sites for hydroxylation is 1. The lowest BCUT2D eigenvalue weighted by atomic mass is 10.1. The fraction of sp³-hybridized carbons (Fsp3) is 0.458. The number of hydrogen-bond acceptors (Lipinski definition) is 6. The van der Waals surface area contributed by atoms with E-state index in [0.717, 1.165) is 60.2 Å². The lowest BCUT2D eigenvalue weighted by molar-refractivity contribution is 0.0526. The summed E-state index contributed by atoms with van der Waals surface area (Å²) in [6.45, 7) is 6.33. The van der Waals surface area contributed by atoms with Crippen LogP contribution in [0.4, 0.5) is 11.8 Å². The summed E-state index contributed by atoms with van der Waals surface area (Å²) in [5.41, 5.74) is 3.64. The Morgan fingerprint density at radius 2 is 1.61 bits per heavy atom. The van der Waals surface area contributed by atoms with Crippen LogP contribution < -0.4 is 9.80 Å². The summed E-state index contributed by atoms with van der Waals surface area (Å²) in [4.78, 5) is 26.7. The van der Waals surface area contributed by atoms with E-state index < -0.39 is 0 Å². The predicted octanol–water partition coefficient (Wildman–Crippen LogP) is 4.01. The number of anilines is 2. The number of carbonyl (C=O) groups is 1. The molecule has 1 aromatic carbocycles. The highest BCUT2D eigenvalue weighted by molar-refractivity contribution is 5.94. The zero-order valence-electron chi connectivity index (χ0n) is 18.3. The molecule has 0 atom stereocenters. The number of aromatic nitrogens is 3. The molecule has 0 spiro atoms. The molecule has 0 radical (unpaired) electrons. The number of fused-ring (bicyclic) bond motifs is 1. The number of carbonyl (C=O) groups excluding carboxylic acids is 1. The molecule has 2 saturated heterocycles. The standard InChI is InChI=1S/C24H29N5O2/c1-3-31-23(30)18-10-8-17(9-11-18)20-16-19-21(27(20)2)25-24(29-14-6-7-15-29)26-22(19)28-12-4-5-13-28/h8-11,16H,3-7,12-15H2,1-2H3. The number of nitrogens with zero attached hydrogens (tertiary/aromatic N) is 5. The SMILES string of the molecule is CCOC(=O)c1ccc(-c2cc3c(N4CCCC4)nc(N4CCCC4)nc3n2C)cc1. The Bertz CT molecular complexity index is 1090. The van der Waals surface area contributed by atoms with Crippen LogP contribution in [0.15, 0.2) is 30.3 Å². The van der Waals surface area contributed by atoms with Gasteiger partial charge in [0.2, 0.25) is 5.95 Å². The summed E-state index contributed by atoms with van der Waals surface area (Å²) in [5, 5.41) is 1.09. The van der Waals surface area contributed by atoms with Crippen molar-refractivity contribution >= 4 is 28.8 Å². The van der Waals surface area contributed by atoms with E-state index in [9.17, 15) is 4.79 Å². The molecule has 162 valence electrons. The Morgan fingerprint density at radius 3 is 2.26 bits per heavy atom. The Kier molecular flexibility index (Phi) is 5.26. The third-order valence-corrected chi connectivity index (χ3v) is 6.34. The van der Waals surface area contributed by atoms with Crippen LogP contribution in [0, 0.1) is 0 Å². The Labute approximate surface area is 182 Å². The summed E-state index contributed by atoms with van der Waals surface area (Å²) < 4.78 is 7.26. The first kappa shape index (κ1) is 19.8. The minimum atomic E-state index is -0.288. The molecule has 0 bridgehead atoms. The smallest absolute Gasteiger partial charge is 0.338 e. The highest BCUT2D eigenvalue weighted by Gasteiger charge is 2.24. The topological polar surface area (TPSA) is 63.5 Å². The highest BCUT2D eigenvalue weighted by Crippen LogP contribution is 2.35. The van der Waals surface area contributed by atoms with Crippen LogP contribution in [0.2, 0.25) is 0 Å². The van der Waals surface area contributed by atoms with Crippen LogP contribution in [-0.4, -0.2) is 53.3 Å². The summed E-state index contributed by atoms with van der Waals surface area (Å²) >= 11 is 0. The molecule has 7 nitrogen and oxygen atoms in total. The van der Waals surface area contributed by atoms with Crippen molar-refractivity contribution in [2.75, 3.05) is 42.6 Å². The van der Waals surface area contributed by atoms with Gasteiger partial charge in [0.25, 0.3) is 0 Å². The summed E-state index contributed by atoms with van der Waals surface area (Å²) in [5.74, 6) is 1.61. The number of ether oxygens (including phenoxy) is 1. The van der Waals surface area contributed by atoms with Gasteiger partial charge in [0.15, 0.2) is 0 Å². The lowest BCUT2D eigenvalue weighted by Gasteiger charge is -2.21. The predicted molar refractivity (Wildman–Crippen MR) is 123 cm³/mol. The molecule has 0 amide bonds. The van der Waals surface area contributed by atoms with E-state index in [-0.39, 0.29) is 5.97 Å². The van der Waals surface area contributed by atoms with E-state index >= 15 is 0 Å². The van der Waals surface area contributed by atoms with E-state index in [1.807, 2.05) is 31.2 Å². The molecule has 0 N–H and O–H groups in total. The molecule has 31 heavy (non-hydrogen) atoms. The first-order valence-corrected chi connectivity index (χ1v) is 11.3. The van der Waals surface area contributed by atoms with Gasteiger partial charge >= 0.3 is 5.97 Å². The van der Waals surface area contributed by atoms with Gasteiger partial charge in [0.1, 0.15) is 11.5 Å². The molecule has 4 heterocycles. The van der Waals surface area contributed by atoms with Gasteiger partial charge in [0, 0.05) is 33.2 Å². The van der Waals surface area contributed by atoms with E-state index in [4.69, 9.17) is 14.7 Å². The normalized spacial score (nSPS) is 16.5. The van der Waals surface area contributed by atoms with E-state index in [1.54, 1.807) is 0 Å². The van der Waals surface area contributed by atoms with Crippen molar-refractivity contribution in [3.8, 4) is 11.3 Å². The van der Waals surface area contributed by atoms with Gasteiger partial charge in [-0.3, -0.25) is 0 Å². The quantitative estimate of drug-likeness (QED) is 0.582. The maximum atomic E-state index is 12.0. The van der Waals surface area contributed by atoms with Crippen molar-refractivity contribution in [3.05, 3.63) is 35.9 Å². The average Bonchev–Trinajstić information content (AvgIpc) is 3.56. The fourth-order valence-corrected chi connectivity index (χ4v) is 4.66. The Hall–Kier alpha value is -3.09. The van der Waals surface area contributed by atoms with Crippen molar-refractivity contribution in [2.24, 2.45) is 7.05 Å². The molecule has 3 aromatic rings. The highest BCUT2D eigenvalue weighted by atomic mass is 16.5. The molecule has 2 aliphatic heterocycles. The van der Waals surface area contributed by atoms with Crippen LogP contribution in [0.1, 0.15) is 43.0 Å². The molecule has 7 heteroatoms. The summed E-state index contributed by atoms with van der Waals surface area (Å²) in [7, 11) is 2.06. The van der Waals surface area contributed by atoms with E-state index in [1.165, 1.54) is 25.7 Å². The van der Waals surface area contributed by atoms with Crippen LogP contribution >= 0.6 is 0 Å². The zero-order valence-corrected chi connectivity index (χ0v) is 18.3. The van der Waals surface area contributed by atoms with Crippen LogP contribution in [0.25, 0.3) is 22.3 Å². The number of esters is 1. The fourth-order valence-electron chi connectivity index (χ4n) is 4.66. The molecule has 0 saturated carbocycles. The van der Waals surface area contributed by atoms with Crippen molar-refractivity contribution in [2.45, 2.75) is 32.6 Å². The summed E-state index contributed by atoms with van der Waals surface area (Å²) in [6.07, 6.45) is 4.82. The third kappa shape index (κ3) is 3.62. The van der Waals surface area contributed by atoms with Crippen molar-refractivity contribution < 1.29 is 9.53 Å². The van der Waals surface area contributed by atoms with Gasteiger partial charge in [-0.05, 0) is 56.4 Å². The molecule has 2 aromatic heterocycles. The maximum Gasteiger partial charge on any atom is 0.338 e. The van der Waals surface area contributed by atoms with Gasteiger partial charge in [-0.15, -0.1) is 0 Å². The molecular weight excluding hydrogens is 390 g/mol. The zero-order chi connectivity index (χ0) is 21.4. The second-order valence-corrected chi connectivity index (χ2v) is 8.36. The van der Waals surface area contributed by atoms with Crippen molar-refractivity contribution in [1.29, 1.82) is 0 Å². The first-order chi connectivity index (χ1) is 15.2. The first-order valence-electron chi connectivity index (χ1n) is 11.3. The van der Waals surface area contributed by atoms with Crippen molar-refractivity contribution in [1.82, 2.24) is 14.5 Å². The number of hydrogen-bond donors (Lipinski definition) is 0. The maximum absolute atomic E-state index is 12.0. The molecule has 2 fully saturated rings. The third-order valence-electron chi connectivity index (χ3n) is 6.34. The molecule has 2 aliphatic rings. The number of rotatable bonds is 5. The van der Waals surface area contributed by atoms with Crippen molar-refractivity contribution in [3.63, 3.8) is 0 Å². The number of benzene rings is 1.